The van der Waals surface area contributed by atoms with E-state index in [1.54, 1.807) is 21.3 Å². The number of nitrogens with zero attached hydrogens (tertiary/aromatic N) is 4. The molecule has 0 spiro atoms. The molecule has 8 heteroatoms. The number of hydrogen-bond acceptors (Lipinski definition) is 7. The molecule has 1 saturated carbocycles. The molecule has 34 heavy (non-hydrogen) atoms. The highest BCUT2D eigenvalue weighted by Crippen LogP contribution is 2.37. The lowest BCUT2D eigenvalue weighted by Gasteiger charge is -2.14. The summed E-state index contributed by atoms with van der Waals surface area (Å²) in [6.07, 6.45) is 4.72. The minimum absolute atomic E-state index is 0.406. The quantitative estimate of drug-likeness (QED) is 0.389. The topological polar surface area (TPSA) is 82.8 Å². The molecule has 0 bridgehead atoms. The van der Waals surface area contributed by atoms with E-state index in [4.69, 9.17) is 29.3 Å². The van der Waals surface area contributed by atoms with Crippen molar-refractivity contribution in [3.63, 3.8) is 0 Å². The standard InChI is InChI=1S/C26H29N5O3/c1-16-23-25(28-19-10-12-20(32-2)13-11-19)29-24(18-9-14-21(33-3)22(15-18)34-4)30-31(23)26(27-16)17-7-5-6-8-17/h9-15,17H,5-8H2,1-4H3,(H,28,29,30). The number of anilines is 2. The summed E-state index contributed by atoms with van der Waals surface area (Å²) in [5.74, 6) is 4.80. The molecule has 1 aliphatic carbocycles. The highest BCUT2D eigenvalue weighted by Gasteiger charge is 2.26. The monoisotopic (exact) mass is 459 g/mol. The van der Waals surface area contributed by atoms with Gasteiger partial charge in [0.25, 0.3) is 0 Å². The van der Waals surface area contributed by atoms with E-state index in [1.807, 2.05) is 53.9 Å². The zero-order chi connectivity index (χ0) is 23.7. The van der Waals surface area contributed by atoms with Gasteiger partial charge in [0.05, 0.1) is 27.0 Å². The summed E-state index contributed by atoms with van der Waals surface area (Å²) in [5.41, 5.74) is 3.54. The average Bonchev–Trinajstić information content (AvgIpc) is 3.52. The third kappa shape index (κ3) is 4.00. The third-order valence-electron chi connectivity index (χ3n) is 6.41. The van der Waals surface area contributed by atoms with E-state index in [0.29, 0.717) is 29.1 Å². The molecule has 176 valence electrons. The first kappa shape index (κ1) is 22.0. The highest BCUT2D eigenvalue weighted by molar-refractivity contribution is 5.77. The van der Waals surface area contributed by atoms with Crippen LogP contribution in [0.25, 0.3) is 16.9 Å². The number of methoxy groups -OCH3 is 3. The second kappa shape index (κ2) is 9.21. The zero-order valence-electron chi connectivity index (χ0n) is 20.0. The predicted molar refractivity (Wildman–Crippen MR) is 132 cm³/mol. The van der Waals surface area contributed by atoms with Gasteiger partial charge in [-0.1, -0.05) is 12.8 Å². The van der Waals surface area contributed by atoms with E-state index < -0.39 is 0 Å². The van der Waals surface area contributed by atoms with Crippen molar-refractivity contribution in [2.45, 2.75) is 38.5 Å². The van der Waals surface area contributed by atoms with Gasteiger partial charge in [-0.3, -0.25) is 0 Å². The van der Waals surface area contributed by atoms with Crippen molar-refractivity contribution in [2.75, 3.05) is 26.6 Å². The Hall–Kier alpha value is -3.81. The Morgan fingerprint density at radius 3 is 2.29 bits per heavy atom. The van der Waals surface area contributed by atoms with E-state index in [0.717, 1.165) is 46.9 Å². The Bertz CT molecular complexity index is 1310. The molecule has 0 saturated heterocycles. The first-order chi connectivity index (χ1) is 16.6. The van der Waals surface area contributed by atoms with Gasteiger partial charge >= 0.3 is 0 Å². The summed E-state index contributed by atoms with van der Waals surface area (Å²) in [7, 11) is 4.91. The first-order valence-corrected chi connectivity index (χ1v) is 11.5. The Morgan fingerprint density at radius 1 is 0.882 bits per heavy atom. The van der Waals surface area contributed by atoms with Crippen LogP contribution in [0, 0.1) is 6.92 Å². The maximum absolute atomic E-state index is 5.52. The summed E-state index contributed by atoms with van der Waals surface area (Å²) in [4.78, 5) is 9.88. The predicted octanol–water partition coefficient (Wildman–Crippen LogP) is 5.53. The van der Waals surface area contributed by atoms with Crippen LogP contribution in [0.2, 0.25) is 0 Å². The van der Waals surface area contributed by atoms with E-state index in [-0.39, 0.29) is 0 Å². The van der Waals surface area contributed by atoms with Crippen LogP contribution in [0.5, 0.6) is 17.2 Å². The Kier molecular flexibility index (Phi) is 5.96. The highest BCUT2D eigenvalue weighted by atomic mass is 16.5. The molecule has 2 aromatic heterocycles. The fourth-order valence-electron chi connectivity index (χ4n) is 4.63. The number of rotatable bonds is 7. The van der Waals surface area contributed by atoms with Crippen molar-refractivity contribution < 1.29 is 14.2 Å². The number of aromatic nitrogens is 4. The average molecular weight is 460 g/mol. The Labute approximate surface area is 198 Å². The van der Waals surface area contributed by atoms with Gasteiger partial charge in [0.1, 0.15) is 17.1 Å². The summed E-state index contributed by atoms with van der Waals surface area (Å²) in [6.45, 7) is 2.02. The van der Waals surface area contributed by atoms with Crippen molar-refractivity contribution in [1.82, 2.24) is 19.6 Å². The summed E-state index contributed by atoms with van der Waals surface area (Å²) in [6, 6.07) is 13.5. The minimum atomic E-state index is 0.406. The molecule has 0 radical (unpaired) electrons. The Balaban J connectivity index is 1.67. The number of fused-ring (bicyclic) bond motifs is 1. The lowest BCUT2D eigenvalue weighted by atomic mass is 10.1. The molecular weight excluding hydrogens is 430 g/mol. The number of hydrogen-bond donors (Lipinski definition) is 1. The number of ether oxygens (including phenoxy) is 3. The maximum Gasteiger partial charge on any atom is 0.182 e. The van der Waals surface area contributed by atoms with Crippen molar-refractivity contribution in [3.05, 3.63) is 54.0 Å². The van der Waals surface area contributed by atoms with Crippen LogP contribution in [0.1, 0.15) is 43.1 Å². The third-order valence-corrected chi connectivity index (χ3v) is 6.41. The van der Waals surface area contributed by atoms with Gasteiger partial charge in [-0.15, -0.1) is 5.10 Å². The molecule has 2 heterocycles. The van der Waals surface area contributed by atoms with Gasteiger partial charge in [-0.2, -0.15) is 0 Å². The summed E-state index contributed by atoms with van der Waals surface area (Å²) < 4.78 is 18.2. The van der Waals surface area contributed by atoms with Crippen LogP contribution in [0.3, 0.4) is 0 Å². The van der Waals surface area contributed by atoms with Gasteiger partial charge in [0.15, 0.2) is 23.1 Å². The van der Waals surface area contributed by atoms with Crippen molar-refractivity contribution in [1.29, 1.82) is 0 Å². The van der Waals surface area contributed by atoms with Crippen molar-refractivity contribution in [2.24, 2.45) is 0 Å². The molecule has 0 unspecified atom stereocenters. The van der Waals surface area contributed by atoms with E-state index in [1.165, 1.54) is 12.8 Å². The molecule has 0 amide bonds. The fraction of sp³-hybridized carbons (Fsp3) is 0.346. The maximum atomic E-state index is 5.52. The van der Waals surface area contributed by atoms with E-state index >= 15 is 0 Å². The molecule has 1 aliphatic rings. The second-order valence-corrected chi connectivity index (χ2v) is 8.50. The summed E-state index contributed by atoms with van der Waals surface area (Å²) >= 11 is 0. The normalized spacial score (nSPS) is 13.9. The van der Waals surface area contributed by atoms with E-state index in [9.17, 15) is 0 Å². The van der Waals surface area contributed by atoms with Gasteiger partial charge in [0.2, 0.25) is 0 Å². The van der Waals surface area contributed by atoms with Gasteiger partial charge in [-0.05, 0) is 62.2 Å². The van der Waals surface area contributed by atoms with Crippen LogP contribution >= 0.6 is 0 Å². The smallest absolute Gasteiger partial charge is 0.182 e. The number of nitrogens with one attached hydrogen (secondary N) is 1. The van der Waals surface area contributed by atoms with Crippen LogP contribution in [-0.4, -0.2) is 40.9 Å². The summed E-state index contributed by atoms with van der Waals surface area (Å²) in [5, 5.41) is 8.44. The molecule has 1 N–H and O–H groups in total. The largest absolute Gasteiger partial charge is 0.497 e. The van der Waals surface area contributed by atoms with Crippen LogP contribution < -0.4 is 19.5 Å². The number of benzene rings is 2. The van der Waals surface area contributed by atoms with Crippen LogP contribution in [0.4, 0.5) is 11.5 Å². The lowest BCUT2D eigenvalue weighted by molar-refractivity contribution is 0.355. The van der Waals surface area contributed by atoms with Gasteiger partial charge in [0, 0.05) is 17.2 Å². The van der Waals surface area contributed by atoms with Crippen molar-refractivity contribution >= 4 is 17.0 Å². The molecule has 5 rings (SSSR count). The first-order valence-electron chi connectivity index (χ1n) is 11.5. The lowest BCUT2D eigenvalue weighted by Crippen LogP contribution is -2.08. The Morgan fingerprint density at radius 2 is 1.62 bits per heavy atom. The molecule has 0 atom stereocenters. The minimum Gasteiger partial charge on any atom is -0.497 e. The molecule has 2 aromatic carbocycles. The second-order valence-electron chi connectivity index (χ2n) is 8.50. The SMILES string of the molecule is COc1ccc(Nc2nc(-c3ccc(OC)c(OC)c3)nn3c(C4CCCC4)nc(C)c23)cc1. The molecular formula is C26H29N5O3. The molecule has 8 nitrogen and oxygen atoms in total. The fourth-order valence-corrected chi connectivity index (χ4v) is 4.63. The van der Waals surface area contributed by atoms with Crippen molar-refractivity contribution in [3.8, 4) is 28.6 Å². The van der Waals surface area contributed by atoms with E-state index in [2.05, 4.69) is 5.32 Å². The van der Waals surface area contributed by atoms with Crippen LogP contribution in [0.15, 0.2) is 42.5 Å². The molecule has 0 aliphatic heterocycles. The zero-order valence-corrected chi connectivity index (χ0v) is 20.0. The van der Waals surface area contributed by atoms with Gasteiger partial charge < -0.3 is 19.5 Å². The molecule has 4 aromatic rings. The van der Waals surface area contributed by atoms with Gasteiger partial charge in [-0.25, -0.2) is 14.5 Å². The number of imidazole rings is 1. The van der Waals surface area contributed by atoms with Crippen LogP contribution in [-0.2, 0) is 0 Å². The molecule has 1 fully saturated rings. The number of aryl methyl sites for hydroxylation is 1.